The van der Waals surface area contributed by atoms with Crippen LogP contribution in [0.4, 0.5) is 0 Å². The molecule has 0 spiro atoms. The number of rotatable bonds is 11. The molecule has 0 saturated carbocycles. The van der Waals surface area contributed by atoms with E-state index in [9.17, 15) is 9.59 Å². The van der Waals surface area contributed by atoms with E-state index in [1.165, 1.54) is 0 Å². The van der Waals surface area contributed by atoms with E-state index < -0.39 is 11.9 Å². The lowest BCUT2D eigenvalue weighted by Crippen LogP contribution is -2.39. The summed E-state index contributed by atoms with van der Waals surface area (Å²) in [5.74, 6) is -1.00. The summed E-state index contributed by atoms with van der Waals surface area (Å²) in [7, 11) is 0. The predicted molar refractivity (Wildman–Crippen MR) is 85.2 cm³/mol. The number of carboxylic acid groups (broad SMARTS) is 1. The van der Waals surface area contributed by atoms with E-state index in [0.717, 1.165) is 26.1 Å². The Kier molecular flexibility index (Phi) is 10.0. The Hall–Kier alpha value is -1.10. The Labute approximate surface area is 129 Å². The van der Waals surface area contributed by atoms with Crippen LogP contribution in [0.3, 0.4) is 0 Å². The van der Waals surface area contributed by atoms with E-state index in [1.807, 2.05) is 13.8 Å². The van der Waals surface area contributed by atoms with Gasteiger partial charge in [-0.05, 0) is 32.0 Å². The van der Waals surface area contributed by atoms with Crippen molar-refractivity contribution in [1.82, 2.24) is 9.80 Å². The van der Waals surface area contributed by atoms with Crippen LogP contribution in [0.25, 0.3) is 0 Å². The zero-order valence-electron chi connectivity index (χ0n) is 14.3. The third kappa shape index (κ3) is 8.71. The highest BCUT2D eigenvalue weighted by molar-refractivity contribution is 5.77. The summed E-state index contributed by atoms with van der Waals surface area (Å²) in [5.41, 5.74) is 0. The van der Waals surface area contributed by atoms with Gasteiger partial charge in [-0.2, -0.15) is 0 Å². The summed E-state index contributed by atoms with van der Waals surface area (Å²) >= 11 is 0. The van der Waals surface area contributed by atoms with Gasteiger partial charge >= 0.3 is 5.97 Å². The van der Waals surface area contributed by atoms with Gasteiger partial charge in [0.25, 0.3) is 0 Å². The number of amides is 1. The molecule has 0 radical (unpaired) electrons. The zero-order chi connectivity index (χ0) is 16.4. The van der Waals surface area contributed by atoms with Gasteiger partial charge in [-0.15, -0.1) is 0 Å². The van der Waals surface area contributed by atoms with Crippen molar-refractivity contribution in [3.8, 4) is 0 Å². The van der Waals surface area contributed by atoms with Gasteiger partial charge in [-0.25, -0.2) is 0 Å². The first-order chi connectivity index (χ1) is 9.81. The molecule has 0 aliphatic rings. The second-order valence-corrected chi connectivity index (χ2v) is 6.06. The van der Waals surface area contributed by atoms with Crippen molar-refractivity contribution in [2.24, 2.45) is 11.8 Å². The fourth-order valence-electron chi connectivity index (χ4n) is 2.23. The van der Waals surface area contributed by atoms with Crippen LogP contribution in [0.15, 0.2) is 0 Å². The Bertz CT molecular complexity index is 315. The maximum Gasteiger partial charge on any atom is 0.308 e. The highest BCUT2D eigenvalue weighted by Gasteiger charge is 2.20. The van der Waals surface area contributed by atoms with E-state index in [2.05, 4.69) is 18.7 Å². The van der Waals surface area contributed by atoms with Crippen LogP contribution in [0, 0.1) is 11.8 Å². The number of carboxylic acids is 1. The largest absolute Gasteiger partial charge is 0.481 e. The summed E-state index contributed by atoms with van der Waals surface area (Å²) in [6.07, 6.45) is 1.37. The minimum absolute atomic E-state index is 0.0673. The van der Waals surface area contributed by atoms with Crippen molar-refractivity contribution in [1.29, 1.82) is 0 Å². The molecule has 0 heterocycles. The molecule has 1 atom stereocenters. The van der Waals surface area contributed by atoms with Crippen LogP contribution in [-0.4, -0.2) is 59.5 Å². The Morgan fingerprint density at radius 2 is 1.62 bits per heavy atom. The Morgan fingerprint density at radius 1 is 1.05 bits per heavy atom. The smallest absolute Gasteiger partial charge is 0.308 e. The van der Waals surface area contributed by atoms with Crippen LogP contribution < -0.4 is 0 Å². The molecule has 21 heavy (non-hydrogen) atoms. The first-order valence-corrected chi connectivity index (χ1v) is 8.04. The lowest BCUT2D eigenvalue weighted by molar-refractivity contribution is -0.143. The summed E-state index contributed by atoms with van der Waals surface area (Å²) in [6.45, 7) is 13.8. The van der Waals surface area contributed by atoms with E-state index in [0.29, 0.717) is 25.4 Å². The number of carbonyl (C=O) groups excluding carboxylic acids is 1. The average molecular weight is 300 g/mol. The van der Waals surface area contributed by atoms with Crippen LogP contribution >= 0.6 is 0 Å². The minimum Gasteiger partial charge on any atom is -0.481 e. The average Bonchev–Trinajstić information content (AvgIpc) is 2.41. The zero-order valence-corrected chi connectivity index (χ0v) is 14.3. The number of nitrogens with zero attached hydrogens (tertiary/aromatic N) is 2. The molecule has 0 aliphatic carbocycles. The molecule has 5 nitrogen and oxygen atoms in total. The second-order valence-electron chi connectivity index (χ2n) is 6.06. The normalized spacial score (nSPS) is 12.7. The molecule has 1 unspecified atom stereocenters. The van der Waals surface area contributed by atoms with Gasteiger partial charge in [0, 0.05) is 19.5 Å². The monoisotopic (exact) mass is 300 g/mol. The SMILES string of the molecule is CCN(CC)CCCN(CC(C)C(=O)O)C(=O)CC(C)C. The van der Waals surface area contributed by atoms with Gasteiger partial charge in [0.1, 0.15) is 0 Å². The lowest BCUT2D eigenvalue weighted by atomic mass is 10.1. The van der Waals surface area contributed by atoms with Crippen molar-refractivity contribution >= 4 is 11.9 Å². The molecule has 124 valence electrons. The maximum atomic E-state index is 12.2. The molecular weight excluding hydrogens is 268 g/mol. The third-order valence-electron chi connectivity index (χ3n) is 3.65. The molecule has 1 amide bonds. The fraction of sp³-hybridized carbons (Fsp3) is 0.875. The molecule has 0 saturated heterocycles. The van der Waals surface area contributed by atoms with Gasteiger partial charge in [-0.3, -0.25) is 9.59 Å². The van der Waals surface area contributed by atoms with E-state index in [1.54, 1.807) is 11.8 Å². The van der Waals surface area contributed by atoms with E-state index in [-0.39, 0.29) is 5.91 Å². The Balaban J connectivity index is 4.50. The highest BCUT2D eigenvalue weighted by Crippen LogP contribution is 2.09. The Morgan fingerprint density at radius 3 is 2.05 bits per heavy atom. The summed E-state index contributed by atoms with van der Waals surface area (Å²) in [5, 5.41) is 9.04. The van der Waals surface area contributed by atoms with Crippen molar-refractivity contribution in [2.75, 3.05) is 32.7 Å². The molecule has 0 fully saturated rings. The van der Waals surface area contributed by atoms with E-state index in [4.69, 9.17) is 5.11 Å². The predicted octanol–water partition coefficient (Wildman–Crippen LogP) is 2.31. The first-order valence-electron chi connectivity index (χ1n) is 8.04. The van der Waals surface area contributed by atoms with Gasteiger partial charge in [0.2, 0.25) is 5.91 Å². The number of hydrogen-bond donors (Lipinski definition) is 1. The van der Waals surface area contributed by atoms with Gasteiger partial charge in [0.05, 0.1) is 5.92 Å². The van der Waals surface area contributed by atoms with Gasteiger partial charge in [-0.1, -0.05) is 34.6 Å². The maximum absolute atomic E-state index is 12.2. The molecule has 0 rings (SSSR count). The lowest BCUT2D eigenvalue weighted by Gasteiger charge is -2.27. The molecule has 0 aromatic heterocycles. The summed E-state index contributed by atoms with van der Waals surface area (Å²) in [6, 6.07) is 0. The van der Waals surface area contributed by atoms with Crippen LogP contribution in [0.2, 0.25) is 0 Å². The standard InChI is InChI=1S/C16H32N2O3/c1-6-17(7-2)9-8-10-18(12-14(5)16(20)21)15(19)11-13(3)4/h13-14H,6-12H2,1-5H3,(H,20,21). The van der Waals surface area contributed by atoms with Crippen LogP contribution in [0.1, 0.15) is 47.5 Å². The second kappa shape index (κ2) is 10.6. The number of carbonyl (C=O) groups is 2. The molecule has 0 aliphatic heterocycles. The van der Waals surface area contributed by atoms with Gasteiger partial charge < -0.3 is 14.9 Å². The topological polar surface area (TPSA) is 60.9 Å². The third-order valence-corrected chi connectivity index (χ3v) is 3.65. The van der Waals surface area contributed by atoms with Crippen molar-refractivity contribution < 1.29 is 14.7 Å². The number of hydrogen-bond acceptors (Lipinski definition) is 3. The molecule has 0 bridgehead atoms. The first kappa shape index (κ1) is 19.9. The van der Waals surface area contributed by atoms with Crippen LogP contribution in [0.5, 0.6) is 0 Å². The highest BCUT2D eigenvalue weighted by atomic mass is 16.4. The number of aliphatic carboxylic acids is 1. The molecular formula is C16H32N2O3. The van der Waals surface area contributed by atoms with E-state index >= 15 is 0 Å². The van der Waals surface area contributed by atoms with Crippen molar-refractivity contribution in [2.45, 2.75) is 47.5 Å². The summed E-state index contributed by atoms with van der Waals surface area (Å²) < 4.78 is 0. The molecule has 5 heteroatoms. The van der Waals surface area contributed by atoms with Crippen molar-refractivity contribution in [3.63, 3.8) is 0 Å². The molecule has 1 N–H and O–H groups in total. The van der Waals surface area contributed by atoms with Crippen molar-refractivity contribution in [3.05, 3.63) is 0 Å². The van der Waals surface area contributed by atoms with Gasteiger partial charge in [0.15, 0.2) is 0 Å². The molecule has 0 aromatic rings. The van der Waals surface area contributed by atoms with Crippen LogP contribution in [-0.2, 0) is 9.59 Å². The molecule has 0 aromatic carbocycles. The summed E-state index contributed by atoms with van der Waals surface area (Å²) in [4.78, 5) is 27.3. The minimum atomic E-state index is -0.846. The fourth-order valence-corrected chi connectivity index (χ4v) is 2.23. The quantitative estimate of drug-likeness (QED) is 0.636.